The van der Waals surface area contributed by atoms with Gasteiger partial charge in [0.1, 0.15) is 0 Å². The van der Waals surface area contributed by atoms with Gasteiger partial charge in [0.25, 0.3) is 0 Å². The number of fused-ring (bicyclic) bond motifs is 3. The Hall–Kier alpha value is -2.84. The van der Waals surface area contributed by atoms with Crippen LogP contribution in [0.2, 0.25) is 0 Å². The average Bonchev–Trinajstić information content (AvgIpc) is 2.65. The highest BCUT2D eigenvalue weighted by Crippen LogP contribution is 2.36. The molecule has 0 saturated heterocycles. The zero-order chi connectivity index (χ0) is 17.2. The van der Waals surface area contributed by atoms with Gasteiger partial charge in [-0.05, 0) is 52.8 Å². The molecule has 0 aliphatic rings. The van der Waals surface area contributed by atoms with E-state index in [4.69, 9.17) is 0 Å². The molecule has 0 fully saturated rings. The molecule has 4 aromatic rings. The third kappa shape index (κ3) is 2.86. The first-order valence-electron chi connectivity index (χ1n) is 8.65. The Morgan fingerprint density at radius 3 is 2.36 bits per heavy atom. The first-order valence-corrected chi connectivity index (χ1v) is 8.65. The maximum Gasteiger partial charge on any atom is 0.0500 e. The van der Waals surface area contributed by atoms with Gasteiger partial charge >= 0.3 is 0 Å². The van der Waals surface area contributed by atoms with Crippen molar-refractivity contribution in [3.8, 4) is 0 Å². The number of para-hydroxylation sites is 1. The zero-order valence-corrected chi connectivity index (χ0v) is 14.3. The van der Waals surface area contributed by atoms with E-state index in [9.17, 15) is 5.11 Å². The molecule has 0 aliphatic heterocycles. The Morgan fingerprint density at radius 2 is 1.56 bits per heavy atom. The second-order valence-corrected chi connectivity index (χ2v) is 6.39. The van der Waals surface area contributed by atoms with Gasteiger partial charge < -0.3 is 10.4 Å². The van der Waals surface area contributed by atoms with Crippen LogP contribution < -0.4 is 5.32 Å². The van der Waals surface area contributed by atoms with Crippen LogP contribution in [0.3, 0.4) is 0 Å². The summed E-state index contributed by atoms with van der Waals surface area (Å²) < 4.78 is 0. The molecular formula is C23H21NO. The highest BCUT2D eigenvalue weighted by molar-refractivity contribution is 6.12. The van der Waals surface area contributed by atoms with Crippen molar-refractivity contribution >= 4 is 32.9 Å². The minimum atomic E-state index is 0.142. The number of nitrogens with one attached hydrogen (secondary N) is 1. The molecule has 0 unspecified atom stereocenters. The predicted molar refractivity (Wildman–Crippen MR) is 107 cm³/mol. The summed E-state index contributed by atoms with van der Waals surface area (Å²) in [4.78, 5) is 0. The Morgan fingerprint density at radius 1 is 0.800 bits per heavy atom. The van der Waals surface area contributed by atoms with Crippen LogP contribution >= 0.6 is 0 Å². The second kappa shape index (κ2) is 6.58. The highest BCUT2D eigenvalue weighted by Gasteiger charge is 2.13. The molecule has 0 saturated carbocycles. The topological polar surface area (TPSA) is 32.3 Å². The Balaban J connectivity index is 2.02. The third-order valence-electron chi connectivity index (χ3n) is 4.78. The fourth-order valence-corrected chi connectivity index (χ4v) is 3.58. The van der Waals surface area contributed by atoms with E-state index >= 15 is 0 Å². The van der Waals surface area contributed by atoms with Gasteiger partial charge in [-0.15, -0.1) is 0 Å². The number of hydrogen-bond acceptors (Lipinski definition) is 2. The van der Waals surface area contributed by atoms with Crippen LogP contribution in [-0.2, 0) is 6.42 Å². The summed E-state index contributed by atoms with van der Waals surface area (Å²) in [6.45, 7) is 2.27. The van der Waals surface area contributed by atoms with Crippen molar-refractivity contribution in [3.05, 3.63) is 83.9 Å². The number of hydrogen-bond donors (Lipinski definition) is 2. The van der Waals surface area contributed by atoms with Crippen molar-refractivity contribution in [1.82, 2.24) is 0 Å². The molecule has 2 heteroatoms. The van der Waals surface area contributed by atoms with E-state index in [0.29, 0.717) is 6.42 Å². The van der Waals surface area contributed by atoms with Crippen molar-refractivity contribution in [2.24, 2.45) is 0 Å². The SMILES string of the molecule is Cc1cc2c(ccc3ccccc32)c(Nc2ccccc2)c1CCO. The molecule has 0 amide bonds. The largest absolute Gasteiger partial charge is 0.396 e. The molecule has 0 atom stereocenters. The monoisotopic (exact) mass is 327 g/mol. The molecule has 0 heterocycles. The molecule has 2 nitrogen and oxygen atoms in total. The van der Waals surface area contributed by atoms with Gasteiger partial charge in [-0.3, -0.25) is 0 Å². The lowest BCUT2D eigenvalue weighted by Crippen LogP contribution is -2.02. The molecule has 4 rings (SSSR count). The zero-order valence-electron chi connectivity index (χ0n) is 14.3. The van der Waals surface area contributed by atoms with Crippen LogP contribution in [0.4, 0.5) is 11.4 Å². The quantitative estimate of drug-likeness (QED) is 0.480. The van der Waals surface area contributed by atoms with Gasteiger partial charge in [0.05, 0.1) is 0 Å². The summed E-state index contributed by atoms with van der Waals surface area (Å²) in [6.07, 6.45) is 0.643. The van der Waals surface area contributed by atoms with E-state index in [1.807, 2.05) is 18.2 Å². The molecule has 4 aromatic carbocycles. The smallest absolute Gasteiger partial charge is 0.0500 e. The summed E-state index contributed by atoms with van der Waals surface area (Å²) in [5, 5.41) is 18.1. The van der Waals surface area contributed by atoms with E-state index in [1.54, 1.807) is 0 Å². The fourth-order valence-electron chi connectivity index (χ4n) is 3.58. The molecule has 25 heavy (non-hydrogen) atoms. The van der Waals surface area contributed by atoms with Crippen molar-refractivity contribution in [2.75, 3.05) is 11.9 Å². The average molecular weight is 327 g/mol. The molecule has 0 bridgehead atoms. The van der Waals surface area contributed by atoms with Crippen LogP contribution in [0.5, 0.6) is 0 Å². The Labute approximate surface area is 147 Å². The Bertz CT molecular complexity index is 1040. The maximum absolute atomic E-state index is 9.55. The number of rotatable bonds is 4. The van der Waals surface area contributed by atoms with Crippen LogP contribution in [0.25, 0.3) is 21.5 Å². The molecule has 0 radical (unpaired) electrons. The number of aliphatic hydroxyl groups excluding tert-OH is 1. The molecule has 124 valence electrons. The summed E-state index contributed by atoms with van der Waals surface area (Å²) in [5.74, 6) is 0. The summed E-state index contributed by atoms with van der Waals surface area (Å²) in [7, 11) is 0. The highest BCUT2D eigenvalue weighted by atomic mass is 16.2. The summed E-state index contributed by atoms with van der Waals surface area (Å²) in [5.41, 5.74) is 4.54. The van der Waals surface area contributed by atoms with E-state index in [2.05, 4.69) is 66.8 Å². The maximum atomic E-state index is 9.55. The first kappa shape index (κ1) is 15.7. The van der Waals surface area contributed by atoms with Gasteiger partial charge in [-0.2, -0.15) is 0 Å². The van der Waals surface area contributed by atoms with Gasteiger partial charge in [-0.1, -0.05) is 60.7 Å². The summed E-state index contributed by atoms with van der Waals surface area (Å²) in [6, 6.07) is 25.3. The standard InChI is InChI=1S/C23H21NO/c1-16-15-22-20-10-6-5-7-17(20)11-12-21(22)23(19(16)13-14-25)24-18-8-3-2-4-9-18/h2-12,15,24-25H,13-14H2,1H3. The molecular weight excluding hydrogens is 306 g/mol. The van der Waals surface area contributed by atoms with Crippen LogP contribution in [0.15, 0.2) is 72.8 Å². The van der Waals surface area contributed by atoms with Crippen LogP contribution in [0.1, 0.15) is 11.1 Å². The van der Waals surface area contributed by atoms with Gasteiger partial charge in [0, 0.05) is 23.4 Å². The van der Waals surface area contributed by atoms with E-state index in [0.717, 1.165) is 11.4 Å². The van der Waals surface area contributed by atoms with Crippen LogP contribution in [0, 0.1) is 6.92 Å². The molecule has 0 aromatic heterocycles. The predicted octanol–water partition coefficient (Wildman–Crippen LogP) is 5.58. The van der Waals surface area contributed by atoms with E-state index in [1.165, 1.54) is 32.7 Å². The summed E-state index contributed by atoms with van der Waals surface area (Å²) >= 11 is 0. The molecule has 2 N–H and O–H groups in total. The van der Waals surface area contributed by atoms with Crippen molar-refractivity contribution in [2.45, 2.75) is 13.3 Å². The number of aliphatic hydroxyl groups is 1. The molecule has 0 spiro atoms. The lowest BCUT2D eigenvalue weighted by atomic mass is 9.93. The Kier molecular flexibility index (Phi) is 4.12. The number of benzene rings is 4. The lowest BCUT2D eigenvalue weighted by molar-refractivity contribution is 0.299. The number of anilines is 2. The minimum absolute atomic E-state index is 0.142. The lowest BCUT2D eigenvalue weighted by Gasteiger charge is -2.18. The van der Waals surface area contributed by atoms with Gasteiger partial charge in [-0.25, -0.2) is 0 Å². The molecule has 0 aliphatic carbocycles. The number of aryl methyl sites for hydroxylation is 1. The third-order valence-corrected chi connectivity index (χ3v) is 4.78. The van der Waals surface area contributed by atoms with Gasteiger partial charge in [0.15, 0.2) is 0 Å². The van der Waals surface area contributed by atoms with E-state index < -0.39 is 0 Å². The van der Waals surface area contributed by atoms with Crippen molar-refractivity contribution < 1.29 is 5.11 Å². The second-order valence-electron chi connectivity index (χ2n) is 6.39. The van der Waals surface area contributed by atoms with E-state index in [-0.39, 0.29) is 6.61 Å². The normalized spacial score (nSPS) is 11.1. The minimum Gasteiger partial charge on any atom is -0.396 e. The van der Waals surface area contributed by atoms with Gasteiger partial charge in [0.2, 0.25) is 0 Å². The first-order chi connectivity index (χ1) is 12.3. The fraction of sp³-hybridized carbons (Fsp3) is 0.130. The van der Waals surface area contributed by atoms with Crippen molar-refractivity contribution in [1.29, 1.82) is 0 Å². The van der Waals surface area contributed by atoms with Crippen molar-refractivity contribution in [3.63, 3.8) is 0 Å². The van der Waals surface area contributed by atoms with Crippen LogP contribution in [-0.4, -0.2) is 11.7 Å².